The van der Waals surface area contributed by atoms with E-state index in [1.807, 2.05) is 20.1 Å². The molecule has 1 rings (SSSR count). The average Bonchev–Trinajstić information content (AvgIpc) is 2.40. The van der Waals surface area contributed by atoms with Gasteiger partial charge in [0.1, 0.15) is 5.76 Å². The monoisotopic (exact) mass is 299 g/mol. The van der Waals surface area contributed by atoms with Gasteiger partial charge < -0.3 is 4.74 Å². The fourth-order valence-corrected chi connectivity index (χ4v) is 1.40. The summed E-state index contributed by atoms with van der Waals surface area (Å²) in [5.74, 6) is -0.181. The standard InChI is InChI=1S/C11H12FNO3S.C3H6/c1-7(8(2)17-3)16-11-5-4-9(13(14)15)6-10(11)12;1-3-2/h4-6H,1-3H3;3H,1H2,2H3/b8-7-;. The number of halogens is 1. The second kappa shape index (κ2) is 9.14. The lowest BCUT2D eigenvalue weighted by Gasteiger charge is -2.09. The molecular formula is C14H18FNO3S. The molecule has 0 saturated carbocycles. The minimum atomic E-state index is -0.743. The third-order valence-corrected chi connectivity index (χ3v) is 3.09. The molecule has 0 N–H and O–H groups in total. The fourth-order valence-electron chi connectivity index (χ4n) is 1.07. The maximum atomic E-state index is 13.5. The molecule has 0 aliphatic carbocycles. The minimum absolute atomic E-state index is 0.0125. The summed E-state index contributed by atoms with van der Waals surface area (Å²) in [6, 6.07) is 3.31. The van der Waals surface area contributed by atoms with E-state index in [1.54, 1.807) is 13.0 Å². The number of nitro benzene ring substituents is 1. The Labute approximate surface area is 122 Å². The highest BCUT2D eigenvalue weighted by Gasteiger charge is 2.12. The molecule has 1 aromatic rings. The highest BCUT2D eigenvalue weighted by atomic mass is 32.2. The molecule has 0 heterocycles. The molecule has 0 atom stereocenters. The van der Waals surface area contributed by atoms with E-state index in [9.17, 15) is 14.5 Å². The van der Waals surface area contributed by atoms with E-state index in [2.05, 4.69) is 6.58 Å². The van der Waals surface area contributed by atoms with Crippen LogP contribution in [0.3, 0.4) is 0 Å². The topological polar surface area (TPSA) is 52.4 Å². The van der Waals surface area contributed by atoms with Crippen LogP contribution in [0.25, 0.3) is 0 Å². The SMILES string of the molecule is C=CC.CS/C(C)=C(/C)Oc1ccc([N+](=O)[O-])cc1F. The molecule has 0 aliphatic heterocycles. The number of allylic oxidation sites excluding steroid dienone is 3. The van der Waals surface area contributed by atoms with Crippen molar-refractivity contribution in [3.8, 4) is 5.75 Å². The molecule has 0 aromatic heterocycles. The number of nitro groups is 1. The van der Waals surface area contributed by atoms with Gasteiger partial charge in [0.25, 0.3) is 5.69 Å². The maximum absolute atomic E-state index is 13.5. The Hall–Kier alpha value is -1.82. The quantitative estimate of drug-likeness (QED) is 0.343. The van der Waals surface area contributed by atoms with Crippen LogP contribution in [0.5, 0.6) is 5.75 Å². The first-order chi connectivity index (χ1) is 9.37. The number of hydrogen-bond acceptors (Lipinski definition) is 4. The summed E-state index contributed by atoms with van der Waals surface area (Å²) in [7, 11) is 0. The van der Waals surface area contributed by atoms with Crippen molar-refractivity contribution in [2.45, 2.75) is 20.8 Å². The van der Waals surface area contributed by atoms with Crippen molar-refractivity contribution in [2.75, 3.05) is 6.26 Å². The van der Waals surface area contributed by atoms with Gasteiger partial charge in [-0.1, -0.05) is 6.08 Å². The number of ether oxygens (including phenoxy) is 1. The molecule has 1 aromatic carbocycles. The molecule has 0 radical (unpaired) electrons. The molecule has 0 fully saturated rings. The number of benzene rings is 1. The van der Waals surface area contributed by atoms with Crippen LogP contribution < -0.4 is 4.74 Å². The molecule has 0 bridgehead atoms. The van der Waals surface area contributed by atoms with E-state index in [0.717, 1.165) is 11.0 Å². The lowest BCUT2D eigenvalue weighted by atomic mass is 10.3. The van der Waals surface area contributed by atoms with Crippen LogP contribution in [-0.2, 0) is 0 Å². The van der Waals surface area contributed by atoms with Crippen LogP contribution in [0.15, 0.2) is 41.5 Å². The zero-order valence-corrected chi connectivity index (χ0v) is 12.8. The third-order valence-electron chi connectivity index (χ3n) is 2.19. The van der Waals surface area contributed by atoms with Gasteiger partial charge in [-0.3, -0.25) is 10.1 Å². The van der Waals surface area contributed by atoms with Crippen molar-refractivity contribution in [2.24, 2.45) is 0 Å². The summed E-state index contributed by atoms with van der Waals surface area (Å²) in [5.41, 5.74) is -0.293. The minimum Gasteiger partial charge on any atom is -0.458 e. The van der Waals surface area contributed by atoms with Crippen molar-refractivity contribution in [1.82, 2.24) is 0 Å². The summed E-state index contributed by atoms with van der Waals surface area (Å²) >= 11 is 1.49. The van der Waals surface area contributed by atoms with Crippen LogP contribution in [0, 0.1) is 15.9 Å². The van der Waals surface area contributed by atoms with Crippen molar-refractivity contribution in [3.05, 3.63) is 57.4 Å². The fraction of sp³-hybridized carbons (Fsp3) is 0.286. The van der Waals surface area contributed by atoms with E-state index < -0.39 is 10.7 Å². The molecule has 0 aliphatic rings. The summed E-state index contributed by atoms with van der Waals surface area (Å²) in [6.07, 6.45) is 3.63. The number of hydrogen-bond donors (Lipinski definition) is 0. The molecule has 6 heteroatoms. The Balaban J connectivity index is 0.00000110. The summed E-state index contributed by atoms with van der Waals surface area (Å²) in [5, 5.41) is 10.4. The van der Waals surface area contributed by atoms with Gasteiger partial charge in [-0.05, 0) is 33.1 Å². The highest BCUT2D eigenvalue weighted by molar-refractivity contribution is 8.02. The van der Waals surface area contributed by atoms with Crippen LogP contribution in [0.2, 0.25) is 0 Å². The second-order valence-corrected chi connectivity index (χ2v) is 4.72. The van der Waals surface area contributed by atoms with Crippen molar-refractivity contribution >= 4 is 17.4 Å². The van der Waals surface area contributed by atoms with Crippen molar-refractivity contribution in [3.63, 3.8) is 0 Å². The molecule has 0 amide bonds. The van der Waals surface area contributed by atoms with Crippen LogP contribution >= 0.6 is 11.8 Å². The molecule has 4 nitrogen and oxygen atoms in total. The van der Waals surface area contributed by atoms with Crippen molar-refractivity contribution in [1.29, 1.82) is 0 Å². The molecule has 0 spiro atoms. The maximum Gasteiger partial charge on any atom is 0.272 e. The summed E-state index contributed by atoms with van der Waals surface area (Å²) in [4.78, 5) is 10.7. The van der Waals surface area contributed by atoms with Gasteiger partial charge in [-0.2, -0.15) is 0 Å². The lowest BCUT2D eigenvalue weighted by Crippen LogP contribution is -1.97. The van der Waals surface area contributed by atoms with Crippen LogP contribution in [0.1, 0.15) is 20.8 Å². The second-order valence-electron chi connectivity index (χ2n) is 3.70. The predicted molar refractivity (Wildman–Crippen MR) is 81.4 cm³/mol. The van der Waals surface area contributed by atoms with Gasteiger partial charge in [0.05, 0.1) is 11.0 Å². The predicted octanol–water partition coefficient (Wildman–Crippen LogP) is 4.92. The van der Waals surface area contributed by atoms with E-state index in [4.69, 9.17) is 4.74 Å². The van der Waals surface area contributed by atoms with Gasteiger partial charge >= 0.3 is 0 Å². The number of rotatable bonds is 4. The Morgan fingerprint density at radius 2 is 2.05 bits per heavy atom. The van der Waals surface area contributed by atoms with Gasteiger partial charge in [0.15, 0.2) is 11.6 Å². The van der Waals surface area contributed by atoms with E-state index in [0.29, 0.717) is 5.76 Å². The number of nitrogens with zero attached hydrogens (tertiary/aromatic N) is 1. The van der Waals surface area contributed by atoms with Gasteiger partial charge in [-0.25, -0.2) is 4.39 Å². The largest absolute Gasteiger partial charge is 0.458 e. The van der Waals surface area contributed by atoms with E-state index in [-0.39, 0.29) is 11.4 Å². The highest BCUT2D eigenvalue weighted by Crippen LogP contribution is 2.26. The lowest BCUT2D eigenvalue weighted by molar-refractivity contribution is -0.385. The Morgan fingerprint density at radius 3 is 2.45 bits per heavy atom. The summed E-state index contributed by atoms with van der Waals surface area (Å²) in [6.45, 7) is 8.82. The van der Waals surface area contributed by atoms with Crippen molar-refractivity contribution < 1.29 is 14.1 Å². The Kier molecular flexibility index (Phi) is 8.31. The molecule has 20 heavy (non-hydrogen) atoms. The van der Waals surface area contributed by atoms with Gasteiger partial charge in [0.2, 0.25) is 0 Å². The number of thioether (sulfide) groups is 1. The molecule has 0 saturated heterocycles. The average molecular weight is 299 g/mol. The smallest absolute Gasteiger partial charge is 0.272 e. The third kappa shape index (κ3) is 5.88. The van der Waals surface area contributed by atoms with Gasteiger partial charge in [0, 0.05) is 11.0 Å². The number of non-ortho nitro benzene ring substituents is 1. The zero-order valence-electron chi connectivity index (χ0n) is 12.0. The Bertz CT molecular complexity index is 515. The van der Waals surface area contributed by atoms with E-state index >= 15 is 0 Å². The normalized spacial score (nSPS) is 10.8. The molecule has 0 unspecified atom stereocenters. The molecular weight excluding hydrogens is 281 g/mol. The first-order valence-electron chi connectivity index (χ1n) is 5.77. The zero-order chi connectivity index (χ0) is 15.7. The summed E-state index contributed by atoms with van der Waals surface area (Å²) < 4.78 is 18.8. The first-order valence-corrected chi connectivity index (χ1v) is 7.00. The van der Waals surface area contributed by atoms with Crippen LogP contribution in [0.4, 0.5) is 10.1 Å². The van der Waals surface area contributed by atoms with Gasteiger partial charge in [-0.15, -0.1) is 18.3 Å². The van der Waals surface area contributed by atoms with Crippen LogP contribution in [-0.4, -0.2) is 11.2 Å². The Morgan fingerprint density at radius 1 is 1.50 bits per heavy atom. The molecule has 110 valence electrons. The van der Waals surface area contributed by atoms with E-state index in [1.165, 1.54) is 23.9 Å². The first kappa shape index (κ1) is 18.2.